The number of methoxy groups -OCH3 is 1. The number of hydrogen-bond donors (Lipinski definition) is 2. The Bertz CT molecular complexity index is 1260. The predicted molar refractivity (Wildman–Crippen MR) is 103 cm³/mol. The standard InChI is InChI=1S/C20H16N4O5/c1-28-18-9-13(6-7-16(18)25)19(26)21-10-14-11-24(23-22-14)15-8-12-4-2-3-5-17(12)29-20(15)27/h2-9,11,25H,10H2,1H3,(H,21,26). The topological polar surface area (TPSA) is 119 Å². The number of phenolic OH excluding ortho intramolecular Hbond substituents is 1. The summed E-state index contributed by atoms with van der Waals surface area (Å²) in [5, 5.41) is 21.0. The zero-order valence-electron chi connectivity index (χ0n) is 15.3. The van der Waals surface area contributed by atoms with Crippen LogP contribution in [-0.4, -0.2) is 33.1 Å². The highest BCUT2D eigenvalue weighted by Gasteiger charge is 2.13. The number of amides is 1. The van der Waals surface area contributed by atoms with Crippen molar-refractivity contribution in [2.24, 2.45) is 0 Å². The number of nitrogens with zero attached hydrogens (tertiary/aromatic N) is 3. The summed E-state index contributed by atoms with van der Waals surface area (Å²) in [6, 6.07) is 13.1. The molecule has 146 valence electrons. The molecule has 0 saturated heterocycles. The Hall–Kier alpha value is -4.14. The lowest BCUT2D eigenvalue weighted by molar-refractivity contribution is 0.0950. The molecule has 4 aromatic rings. The van der Waals surface area contributed by atoms with Crippen molar-refractivity contribution in [3.63, 3.8) is 0 Å². The van der Waals surface area contributed by atoms with Crippen LogP contribution in [0.3, 0.4) is 0 Å². The molecule has 1 amide bonds. The molecule has 0 bridgehead atoms. The van der Waals surface area contributed by atoms with Crippen molar-refractivity contribution in [3.05, 3.63) is 76.4 Å². The molecule has 9 nitrogen and oxygen atoms in total. The third kappa shape index (κ3) is 3.65. The van der Waals surface area contributed by atoms with Gasteiger partial charge in [0.25, 0.3) is 5.91 Å². The lowest BCUT2D eigenvalue weighted by atomic mass is 10.2. The van der Waals surface area contributed by atoms with E-state index in [1.807, 2.05) is 12.1 Å². The second-order valence-corrected chi connectivity index (χ2v) is 6.18. The second-order valence-electron chi connectivity index (χ2n) is 6.18. The zero-order valence-corrected chi connectivity index (χ0v) is 15.3. The number of aromatic hydroxyl groups is 1. The van der Waals surface area contributed by atoms with Gasteiger partial charge in [0.2, 0.25) is 0 Å². The van der Waals surface area contributed by atoms with Gasteiger partial charge >= 0.3 is 5.63 Å². The van der Waals surface area contributed by atoms with Crippen molar-refractivity contribution in [1.29, 1.82) is 0 Å². The van der Waals surface area contributed by atoms with E-state index in [4.69, 9.17) is 9.15 Å². The van der Waals surface area contributed by atoms with Gasteiger partial charge in [-0.25, -0.2) is 9.48 Å². The number of aromatic nitrogens is 3. The van der Waals surface area contributed by atoms with Crippen LogP contribution >= 0.6 is 0 Å². The average molecular weight is 392 g/mol. The van der Waals surface area contributed by atoms with Gasteiger partial charge in [0.05, 0.1) is 19.9 Å². The molecule has 4 rings (SSSR count). The number of carbonyl (C=O) groups is 1. The van der Waals surface area contributed by atoms with Gasteiger partial charge in [-0.05, 0) is 30.3 Å². The van der Waals surface area contributed by atoms with E-state index in [0.29, 0.717) is 16.8 Å². The molecular formula is C20H16N4O5. The van der Waals surface area contributed by atoms with Gasteiger partial charge in [0, 0.05) is 10.9 Å². The minimum atomic E-state index is -0.541. The molecule has 0 fully saturated rings. The molecular weight excluding hydrogens is 376 g/mol. The number of phenols is 1. The predicted octanol–water partition coefficient (Wildman–Crippen LogP) is 2.02. The van der Waals surface area contributed by atoms with E-state index in [9.17, 15) is 14.7 Å². The summed E-state index contributed by atoms with van der Waals surface area (Å²) in [6.07, 6.45) is 1.54. The summed E-state index contributed by atoms with van der Waals surface area (Å²) >= 11 is 0. The van der Waals surface area contributed by atoms with E-state index in [0.717, 1.165) is 5.39 Å². The minimum Gasteiger partial charge on any atom is -0.504 e. The van der Waals surface area contributed by atoms with Crippen LogP contribution in [0, 0.1) is 0 Å². The van der Waals surface area contributed by atoms with Gasteiger partial charge in [-0.2, -0.15) is 0 Å². The number of hydrogen-bond acceptors (Lipinski definition) is 7. The van der Waals surface area contributed by atoms with E-state index in [-0.39, 0.29) is 29.6 Å². The van der Waals surface area contributed by atoms with Gasteiger partial charge in [-0.15, -0.1) is 5.10 Å². The average Bonchev–Trinajstić information content (AvgIpc) is 3.20. The van der Waals surface area contributed by atoms with Crippen LogP contribution in [0.2, 0.25) is 0 Å². The second kappa shape index (κ2) is 7.47. The summed E-state index contributed by atoms with van der Waals surface area (Å²) in [4.78, 5) is 24.5. The number of fused-ring (bicyclic) bond motifs is 1. The van der Waals surface area contributed by atoms with Crippen LogP contribution in [-0.2, 0) is 6.54 Å². The molecule has 0 unspecified atom stereocenters. The Morgan fingerprint density at radius 3 is 2.90 bits per heavy atom. The Morgan fingerprint density at radius 2 is 2.07 bits per heavy atom. The maximum absolute atomic E-state index is 12.3. The third-order valence-electron chi connectivity index (χ3n) is 4.28. The van der Waals surface area contributed by atoms with Crippen molar-refractivity contribution in [3.8, 4) is 17.2 Å². The number of rotatable bonds is 5. The van der Waals surface area contributed by atoms with Crippen LogP contribution in [0.5, 0.6) is 11.5 Å². The molecule has 29 heavy (non-hydrogen) atoms. The van der Waals surface area contributed by atoms with Crippen molar-refractivity contribution in [2.45, 2.75) is 6.54 Å². The van der Waals surface area contributed by atoms with Gasteiger partial charge < -0.3 is 19.6 Å². The highest BCUT2D eigenvalue weighted by atomic mass is 16.5. The smallest absolute Gasteiger partial charge is 0.362 e. The fraction of sp³-hybridized carbons (Fsp3) is 0.100. The van der Waals surface area contributed by atoms with Gasteiger partial charge in [0.1, 0.15) is 11.3 Å². The lowest BCUT2D eigenvalue weighted by Crippen LogP contribution is -2.23. The molecule has 2 aromatic carbocycles. The number of para-hydroxylation sites is 1. The number of nitrogens with one attached hydrogen (secondary N) is 1. The molecule has 0 spiro atoms. The number of ether oxygens (including phenoxy) is 1. The van der Waals surface area contributed by atoms with Crippen LogP contribution in [0.1, 0.15) is 16.1 Å². The van der Waals surface area contributed by atoms with Gasteiger partial charge in [-0.3, -0.25) is 4.79 Å². The molecule has 2 N–H and O–H groups in total. The van der Waals surface area contributed by atoms with Crippen molar-refractivity contribution in [1.82, 2.24) is 20.3 Å². The van der Waals surface area contributed by atoms with Gasteiger partial charge in [-0.1, -0.05) is 23.4 Å². The van der Waals surface area contributed by atoms with Crippen LogP contribution in [0.4, 0.5) is 0 Å². The van der Waals surface area contributed by atoms with Crippen LogP contribution < -0.4 is 15.7 Å². The molecule has 0 atom stereocenters. The zero-order chi connectivity index (χ0) is 20.4. The Labute approximate surface area is 164 Å². The summed E-state index contributed by atoms with van der Waals surface area (Å²) in [5.74, 6) is -0.226. The summed E-state index contributed by atoms with van der Waals surface area (Å²) in [7, 11) is 1.40. The Balaban J connectivity index is 1.51. The largest absolute Gasteiger partial charge is 0.504 e. The minimum absolute atomic E-state index is 0.0544. The highest BCUT2D eigenvalue weighted by molar-refractivity contribution is 5.94. The fourth-order valence-corrected chi connectivity index (χ4v) is 2.80. The monoisotopic (exact) mass is 392 g/mol. The first kappa shape index (κ1) is 18.2. The molecule has 0 aliphatic heterocycles. The molecule has 0 radical (unpaired) electrons. The normalized spacial score (nSPS) is 10.8. The number of benzene rings is 2. The van der Waals surface area contributed by atoms with Crippen molar-refractivity contribution in [2.75, 3.05) is 7.11 Å². The SMILES string of the molecule is COc1cc(C(=O)NCc2cn(-c3cc4ccccc4oc3=O)nn2)ccc1O. The molecule has 9 heteroatoms. The summed E-state index contributed by atoms with van der Waals surface area (Å²) in [6.45, 7) is 0.0982. The molecule has 0 saturated carbocycles. The van der Waals surface area contributed by atoms with E-state index < -0.39 is 5.63 Å². The van der Waals surface area contributed by atoms with Crippen molar-refractivity contribution < 1.29 is 19.1 Å². The third-order valence-corrected chi connectivity index (χ3v) is 4.28. The Kier molecular flexibility index (Phi) is 4.70. The maximum Gasteiger partial charge on any atom is 0.362 e. The first-order chi connectivity index (χ1) is 14.0. The van der Waals surface area contributed by atoms with Crippen LogP contribution in [0.15, 0.2) is 63.9 Å². The molecule has 0 aliphatic carbocycles. The number of carbonyl (C=O) groups excluding carboxylic acids is 1. The molecule has 2 aromatic heterocycles. The summed E-state index contributed by atoms with van der Waals surface area (Å²) < 4.78 is 11.6. The first-order valence-electron chi connectivity index (χ1n) is 8.65. The van der Waals surface area contributed by atoms with E-state index in [1.54, 1.807) is 24.4 Å². The molecule has 2 heterocycles. The van der Waals surface area contributed by atoms with E-state index in [2.05, 4.69) is 15.6 Å². The Morgan fingerprint density at radius 1 is 1.24 bits per heavy atom. The maximum atomic E-state index is 12.3. The van der Waals surface area contributed by atoms with Crippen LogP contribution in [0.25, 0.3) is 16.7 Å². The first-order valence-corrected chi connectivity index (χ1v) is 8.65. The van der Waals surface area contributed by atoms with Gasteiger partial charge in [0.15, 0.2) is 17.2 Å². The fourth-order valence-electron chi connectivity index (χ4n) is 2.80. The quantitative estimate of drug-likeness (QED) is 0.499. The van der Waals surface area contributed by atoms with E-state index >= 15 is 0 Å². The lowest BCUT2D eigenvalue weighted by Gasteiger charge is -2.07. The van der Waals surface area contributed by atoms with E-state index in [1.165, 1.54) is 30.0 Å². The molecule has 0 aliphatic rings. The van der Waals surface area contributed by atoms with Crippen molar-refractivity contribution >= 4 is 16.9 Å². The highest BCUT2D eigenvalue weighted by Crippen LogP contribution is 2.26. The summed E-state index contributed by atoms with van der Waals surface area (Å²) in [5.41, 5.74) is 0.939.